The molecule has 0 spiro atoms. The normalized spacial score (nSPS) is 10.4. The summed E-state index contributed by atoms with van der Waals surface area (Å²) in [5.41, 5.74) is 5.32. The highest BCUT2D eigenvalue weighted by atomic mass is 19.1. The average molecular weight is 241 g/mol. The molecule has 0 fully saturated rings. The summed E-state index contributed by atoms with van der Waals surface area (Å²) in [7, 11) is 0. The standard InChI is InChI=1S/C10H16FN5O/c1-6(2)15-8(17)3-4-13-9-7(11)5-14-10(12)16-9/h5-6H,3-4H2,1-2H3,(H,15,17)(H3,12,13,14,16). The van der Waals surface area contributed by atoms with E-state index in [4.69, 9.17) is 5.73 Å². The molecule has 17 heavy (non-hydrogen) atoms. The fourth-order valence-electron chi connectivity index (χ4n) is 1.19. The number of carbonyl (C=O) groups is 1. The number of aromatic nitrogens is 2. The van der Waals surface area contributed by atoms with Gasteiger partial charge in [0.15, 0.2) is 11.6 Å². The zero-order chi connectivity index (χ0) is 12.8. The summed E-state index contributed by atoms with van der Waals surface area (Å²) in [4.78, 5) is 18.5. The van der Waals surface area contributed by atoms with E-state index >= 15 is 0 Å². The van der Waals surface area contributed by atoms with Gasteiger partial charge in [0.25, 0.3) is 0 Å². The first kappa shape index (κ1) is 13.1. The van der Waals surface area contributed by atoms with Gasteiger partial charge in [-0.2, -0.15) is 4.98 Å². The van der Waals surface area contributed by atoms with Crippen LogP contribution in [0.2, 0.25) is 0 Å². The summed E-state index contributed by atoms with van der Waals surface area (Å²) in [6, 6.07) is 0.0916. The van der Waals surface area contributed by atoms with Gasteiger partial charge in [-0.3, -0.25) is 4.79 Å². The Balaban J connectivity index is 2.40. The number of rotatable bonds is 5. The molecule has 0 saturated carbocycles. The SMILES string of the molecule is CC(C)NC(=O)CCNc1nc(N)ncc1F. The van der Waals surface area contributed by atoms with Crippen molar-refractivity contribution in [3.8, 4) is 0 Å². The molecule has 7 heteroatoms. The van der Waals surface area contributed by atoms with Crippen LogP contribution < -0.4 is 16.4 Å². The topological polar surface area (TPSA) is 92.9 Å². The van der Waals surface area contributed by atoms with Crippen molar-refractivity contribution in [1.82, 2.24) is 15.3 Å². The average Bonchev–Trinajstić information content (AvgIpc) is 2.22. The molecule has 0 unspecified atom stereocenters. The van der Waals surface area contributed by atoms with Gasteiger partial charge in [-0.05, 0) is 13.8 Å². The third-order valence-electron chi connectivity index (χ3n) is 1.86. The highest BCUT2D eigenvalue weighted by Crippen LogP contribution is 2.09. The monoisotopic (exact) mass is 241 g/mol. The van der Waals surface area contributed by atoms with Crippen LogP contribution in [0.15, 0.2) is 6.20 Å². The largest absolute Gasteiger partial charge is 0.368 e. The summed E-state index contributed by atoms with van der Waals surface area (Å²) < 4.78 is 13.2. The number of amides is 1. The van der Waals surface area contributed by atoms with Crippen LogP contribution in [-0.2, 0) is 4.79 Å². The van der Waals surface area contributed by atoms with Gasteiger partial charge in [0.2, 0.25) is 11.9 Å². The molecular weight excluding hydrogens is 225 g/mol. The highest BCUT2D eigenvalue weighted by Gasteiger charge is 2.06. The van der Waals surface area contributed by atoms with Gasteiger partial charge in [-0.25, -0.2) is 9.37 Å². The number of nitrogens with two attached hydrogens (primary N) is 1. The number of hydrogen-bond acceptors (Lipinski definition) is 5. The van der Waals surface area contributed by atoms with Crippen molar-refractivity contribution in [1.29, 1.82) is 0 Å². The van der Waals surface area contributed by atoms with Crippen molar-refractivity contribution in [2.45, 2.75) is 26.3 Å². The van der Waals surface area contributed by atoms with E-state index < -0.39 is 5.82 Å². The lowest BCUT2D eigenvalue weighted by Gasteiger charge is -2.09. The number of nitrogens with zero attached hydrogens (tertiary/aromatic N) is 2. The maximum absolute atomic E-state index is 13.2. The van der Waals surface area contributed by atoms with Crippen molar-refractivity contribution in [3.05, 3.63) is 12.0 Å². The minimum atomic E-state index is -0.594. The Labute approximate surface area is 98.8 Å². The fraction of sp³-hybridized carbons (Fsp3) is 0.500. The van der Waals surface area contributed by atoms with E-state index in [9.17, 15) is 9.18 Å². The highest BCUT2D eigenvalue weighted by molar-refractivity contribution is 5.76. The second kappa shape index (κ2) is 5.97. The lowest BCUT2D eigenvalue weighted by Crippen LogP contribution is -2.31. The van der Waals surface area contributed by atoms with Crippen LogP contribution in [0.4, 0.5) is 16.2 Å². The molecule has 1 aromatic rings. The summed E-state index contributed by atoms with van der Waals surface area (Å²) >= 11 is 0. The lowest BCUT2D eigenvalue weighted by molar-refractivity contribution is -0.121. The first-order valence-corrected chi connectivity index (χ1v) is 5.30. The maximum Gasteiger partial charge on any atom is 0.222 e. The third-order valence-corrected chi connectivity index (χ3v) is 1.86. The van der Waals surface area contributed by atoms with Crippen LogP contribution in [0.25, 0.3) is 0 Å². The summed E-state index contributed by atoms with van der Waals surface area (Å²) in [5, 5.41) is 5.42. The van der Waals surface area contributed by atoms with E-state index in [1.807, 2.05) is 13.8 Å². The van der Waals surface area contributed by atoms with Gasteiger partial charge in [0, 0.05) is 19.0 Å². The van der Waals surface area contributed by atoms with Gasteiger partial charge in [-0.15, -0.1) is 0 Å². The van der Waals surface area contributed by atoms with E-state index in [1.165, 1.54) is 0 Å². The Hall–Kier alpha value is -1.92. The Kier molecular flexibility index (Phi) is 4.62. The zero-order valence-corrected chi connectivity index (χ0v) is 9.83. The van der Waals surface area contributed by atoms with Gasteiger partial charge in [-0.1, -0.05) is 0 Å². The van der Waals surface area contributed by atoms with Gasteiger partial charge in [0.1, 0.15) is 0 Å². The summed E-state index contributed by atoms with van der Waals surface area (Å²) in [6.07, 6.45) is 1.22. The maximum atomic E-state index is 13.2. The molecule has 0 aliphatic heterocycles. The predicted octanol–water partition coefficient (Wildman–Crippen LogP) is 0.524. The molecule has 0 saturated heterocycles. The number of halogens is 1. The molecule has 0 bridgehead atoms. The molecule has 4 N–H and O–H groups in total. The minimum Gasteiger partial charge on any atom is -0.368 e. The Morgan fingerprint density at radius 3 is 2.94 bits per heavy atom. The van der Waals surface area contributed by atoms with Crippen LogP contribution in [0.5, 0.6) is 0 Å². The molecule has 0 radical (unpaired) electrons. The summed E-state index contributed by atoms with van der Waals surface area (Å²) in [5.74, 6) is -0.700. The molecule has 0 aromatic carbocycles. The van der Waals surface area contributed by atoms with E-state index in [0.717, 1.165) is 6.20 Å². The van der Waals surface area contributed by atoms with Crippen molar-refractivity contribution in [2.75, 3.05) is 17.6 Å². The second-order valence-corrected chi connectivity index (χ2v) is 3.82. The first-order valence-electron chi connectivity index (χ1n) is 5.30. The number of hydrogen-bond donors (Lipinski definition) is 3. The lowest BCUT2D eigenvalue weighted by atomic mass is 10.3. The quantitative estimate of drug-likeness (QED) is 0.699. The van der Waals surface area contributed by atoms with E-state index in [0.29, 0.717) is 0 Å². The Morgan fingerprint density at radius 1 is 1.59 bits per heavy atom. The number of nitrogens with one attached hydrogen (secondary N) is 2. The first-order chi connectivity index (χ1) is 7.99. The Bertz CT molecular complexity index is 396. The van der Waals surface area contributed by atoms with Crippen molar-refractivity contribution in [2.24, 2.45) is 0 Å². The predicted molar refractivity (Wildman–Crippen MR) is 62.8 cm³/mol. The molecule has 0 atom stereocenters. The van der Waals surface area contributed by atoms with E-state index in [2.05, 4.69) is 20.6 Å². The van der Waals surface area contributed by atoms with Crippen molar-refractivity contribution in [3.63, 3.8) is 0 Å². The molecule has 1 amide bonds. The Morgan fingerprint density at radius 2 is 2.29 bits per heavy atom. The molecule has 0 aliphatic carbocycles. The number of nitrogen functional groups attached to an aromatic ring is 1. The van der Waals surface area contributed by atoms with Crippen molar-refractivity contribution >= 4 is 17.7 Å². The molecule has 94 valence electrons. The molecule has 1 rings (SSSR count). The fourth-order valence-corrected chi connectivity index (χ4v) is 1.19. The molecular formula is C10H16FN5O. The van der Waals surface area contributed by atoms with Crippen LogP contribution in [0.1, 0.15) is 20.3 Å². The van der Waals surface area contributed by atoms with Crippen LogP contribution >= 0.6 is 0 Å². The summed E-state index contributed by atoms with van der Waals surface area (Å²) in [6.45, 7) is 4.03. The number of carbonyl (C=O) groups excluding carboxylic acids is 1. The molecule has 0 aliphatic rings. The third kappa shape index (κ3) is 4.62. The molecule has 1 aromatic heterocycles. The second-order valence-electron chi connectivity index (χ2n) is 3.82. The van der Waals surface area contributed by atoms with Crippen LogP contribution in [0.3, 0.4) is 0 Å². The smallest absolute Gasteiger partial charge is 0.222 e. The van der Waals surface area contributed by atoms with Crippen molar-refractivity contribution < 1.29 is 9.18 Å². The zero-order valence-electron chi connectivity index (χ0n) is 9.83. The minimum absolute atomic E-state index is 0.00912. The van der Waals surface area contributed by atoms with Crippen LogP contribution in [-0.4, -0.2) is 28.5 Å². The molecule has 1 heterocycles. The van der Waals surface area contributed by atoms with Crippen LogP contribution in [0, 0.1) is 5.82 Å². The van der Waals surface area contributed by atoms with Gasteiger partial charge in [0.05, 0.1) is 6.20 Å². The number of anilines is 2. The molecule has 6 nitrogen and oxygen atoms in total. The van der Waals surface area contributed by atoms with Gasteiger partial charge >= 0.3 is 0 Å². The van der Waals surface area contributed by atoms with Gasteiger partial charge < -0.3 is 16.4 Å². The van der Waals surface area contributed by atoms with E-state index in [1.54, 1.807) is 0 Å². The van der Waals surface area contributed by atoms with E-state index in [-0.39, 0.29) is 36.7 Å².